The van der Waals surface area contributed by atoms with Gasteiger partial charge >= 0.3 is 0 Å². The lowest BCUT2D eigenvalue weighted by Crippen LogP contribution is -2.13. The van der Waals surface area contributed by atoms with Gasteiger partial charge in [0.1, 0.15) is 10.4 Å². The molecule has 0 unspecified atom stereocenters. The molecule has 4 heteroatoms. The van der Waals surface area contributed by atoms with Crippen molar-refractivity contribution >= 4 is 11.3 Å². The SMILES string of the molecule is CC(C)(C#N)c1nc(CCC#N)cs1. The highest BCUT2D eigenvalue weighted by Crippen LogP contribution is 2.25. The van der Waals surface area contributed by atoms with Crippen LogP contribution in [0, 0.1) is 22.7 Å². The molecule has 0 fully saturated rings. The highest BCUT2D eigenvalue weighted by Gasteiger charge is 2.23. The maximum Gasteiger partial charge on any atom is 0.113 e. The van der Waals surface area contributed by atoms with Crippen molar-refractivity contribution in [1.82, 2.24) is 4.98 Å². The van der Waals surface area contributed by atoms with Gasteiger partial charge in [0.25, 0.3) is 0 Å². The van der Waals surface area contributed by atoms with Crippen molar-refractivity contribution < 1.29 is 0 Å². The van der Waals surface area contributed by atoms with Gasteiger partial charge in [-0.3, -0.25) is 0 Å². The molecule has 0 saturated carbocycles. The zero-order valence-corrected chi connectivity index (χ0v) is 9.06. The molecular weight excluding hydrogens is 194 g/mol. The van der Waals surface area contributed by atoms with E-state index in [9.17, 15) is 0 Å². The number of nitrogens with zero attached hydrogens (tertiary/aromatic N) is 3. The Hall–Kier alpha value is -1.39. The van der Waals surface area contributed by atoms with Crippen molar-refractivity contribution in [2.24, 2.45) is 0 Å². The molecule has 0 aliphatic heterocycles. The Morgan fingerprint density at radius 3 is 2.79 bits per heavy atom. The van der Waals surface area contributed by atoms with Crippen LogP contribution in [-0.2, 0) is 11.8 Å². The minimum atomic E-state index is -0.518. The third-order valence-electron chi connectivity index (χ3n) is 1.86. The van der Waals surface area contributed by atoms with E-state index in [1.165, 1.54) is 11.3 Å². The van der Waals surface area contributed by atoms with E-state index >= 15 is 0 Å². The Labute approximate surface area is 87.6 Å². The standard InChI is InChI=1S/C10H11N3S/c1-10(2,7-12)9-13-8(6-14-9)4-3-5-11/h6H,3-4H2,1-2H3. The quantitative estimate of drug-likeness (QED) is 0.761. The van der Waals surface area contributed by atoms with E-state index in [4.69, 9.17) is 10.5 Å². The highest BCUT2D eigenvalue weighted by molar-refractivity contribution is 7.09. The monoisotopic (exact) mass is 205 g/mol. The van der Waals surface area contributed by atoms with Crippen molar-refractivity contribution in [2.75, 3.05) is 0 Å². The van der Waals surface area contributed by atoms with Gasteiger partial charge in [0.15, 0.2) is 0 Å². The van der Waals surface area contributed by atoms with Crippen LogP contribution in [-0.4, -0.2) is 4.98 Å². The van der Waals surface area contributed by atoms with Crippen LogP contribution in [0.5, 0.6) is 0 Å². The number of aryl methyl sites for hydroxylation is 1. The van der Waals surface area contributed by atoms with Crippen LogP contribution >= 0.6 is 11.3 Å². The van der Waals surface area contributed by atoms with Gasteiger partial charge in [-0.15, -0.1) is 11.3 Å². The molecule has 1 aromatic heterocycles. The fraction of sp³-hybridized carbons (Fsp3) is 0.500. The molecule has 0 amide bonds. The van der Waals surface area contributed by atoms with Gasteiger partial charge in [0.05, 0.1) is 17.8 Å². The first-order valence-electron chi connectivity index (χ1n) is 4.33. The second-order valence-electron chi connectivity index (χ2n) is 3.54. The first-order chi connectivity index (χ1) is 6.60. The second kappa shape index (κ2) is 4.21. The van der Waals surface area contributed by atoms with Crippen LogP contribution in [0.15, 0.2) is 5.38 Å². The summed E-state index contributed by atoms with van der Waals surface area (Å²) in [6.45, 7) is 3.69. The van der Waals surface area contributed by atoms with Crippen LogP contribution in [0.3, 0.4) is 0 Å². The topological polar surface area (TPSA) is 60.5 Å². The van der Waals surface area contributed by atoms with E-state index in [1.54, 1.807) is 0 Å². The maximum atomic E-state index is 8.90. The summed E-state index contributed by atoms with van der Waals surface area (Å²) >= 11 is 1.49. The van der Waals surface area contributed by atoms with Crippen LogP contribution < -0.4 is 0 Å². The Kier molecular flexibility index (Phi) is 3.22. The third kappa shape index (κ3) is 2.31. The summed E-state index contributed by atoms with van der Waals surface area (Å²) in [6, 6.07) is 4.29. The molecule has 1 rings (SSSR count). The van der Waals surface area contributed by atoms with E-state index in [0.717, 1.165) is 10.7 Å². The van der Waals surface area contributed by atoms with Crippen LogP contribution in [0.25, 0.3) is 0 Å². The van der Waals surface area contributed by atoms with E-state index < -0.39 is 5.41 Å². The molecule has 72 valence electrons. The Bertz CT molecular complexity index is 392. The van der Waals surface area contributed by atoms with Gasteiger partial charge in [-0.25, -0.2) is 4.98 Å². The van der Waals surface area contributed by atoms with Gasteiger partial charge in [-0.2, -0.15) is 10.5 Å². The van der Waals surface area contributed by atoms with E-state index in [-0.39, 0.29) is 0 Å². The number of thiazole rings is 1. The molecule has 14 heavy (non-hydrogen) atoms. The predicted octanol–water partition coefficient (Wildman–Crippen LogP) is 2.40. The summed E-state index contributed by atoms with van der Waals surface area (Å²) in [7, 11) is 0. The van der Waals surface area contributed by atoms with E-state index in [0.29, 0.717) is 12.8 Å². The van der Waals surface area contributed by atoms with Crippen molar-refractivity contribution in [3.8, 4) is 12.1 Å². The summed E-state index contributed by atoms with van der Waals surface area (Å²) in [4.78, 5) is 4.34. The molecule has 0 N–H and O–H groups in total. The van der Waals surface area contributed by atoms with Crippen LogP contribution in [0.1, 0.15) is 31.0 Å². The van der Waals surface area contributed by atoms with Crippen molar-refractivity contribution in [3.63, 3.8) is 0 Å². The average Bonchev–Trinajstić information content (AvgIpc) is 2.63. The van der Waals surface area contributed by atoms with Crippen LogP contribution in [0.2, 0.25) is 0 Å². The van der Waals surface area contributed by atoms with Gasteiger partial charge < -0.3 is 0 Å². The molecule has 0 bridgehead atoms. The molecular formula is C10H11N3S. The van der Waals surface area contributed by atoms with Crippen molar-refractivity contribution in [2.45, 2.75) is 32.1 Å². The number of rotatable bonds is 3. The molecule has 0 saturated heterocycles. The van der Waals surface area contributed by atoms with Gasteiger partial charge in [-0.05, 0) is 13.8 Å². The smallest absolute Gasteiger partial charge is 0.113 e. The first-order valence-corrected chi connectivity index (χ1v) is 5.21. The van der Waals surface area contributed by atoms with Crippen molar-refractivity contribution in [1.29, 1.82) is 10.5 Å². The van der Waals surface area contributed by atoms with Crippen LogP contribution in [0.4, 0.5) is 0 Å². The lowest BCUT2D eigenvalue weighted by molar-refractivity contribution is 0.675. The largest absolute Gasteiger partial charge is 0.245 e. The summed E-state index contributed by atoms with van der Waals surface area (Å²) < 4.78 is 0. The maximum absolute atomic E-state index is 8.90. The van der Waals surface area contributed by atoms with Gasteiger partial charge in [0.2, 0.25) is 0 Å². The number of aromatic nitrogens is 1. The molecule has 0 aromatic carbocycles. The van der Waals surface area contributed by atoms with Gasteiger partial charge in [-0.1, -0.05) is 0 Å². The fourth-order valence-corrected chi connectivity index (χ4v) is 1.87. The normalized spacial score (nSPS) is 10.6. The fourth-order valence-electron chi connectivity index (χ4n) is 0.941. The number of nitriles is 2. The molecule has 1 aromatic rings. The summed E-state index contributed by atoms with van der Waals surface area (Å²) in [5, 5.41) is 20.1. The summed E-state index contributed by atoms with van der Waals surface area (Å²) in [5.41, 5.74) is 0.394. The highest BCUT2D eigenvalue weighted by atomic mass is 32.1. The lowest BCUT2D eigenvalue weighted by atomic mass is 9.97. The Balaban J connectivity index is 2.80. The average molecular weight is 205 g/mol. The Morgan fingerprint density at radius 1 is 1.50 bits per heavy atom. The van der Waals surface area contributed by atoms with E-state index in [1.807, 2.05) is 19.2 Å². The summed E-state index contributed by atoms with van der Waals surface area (Å²) in [5.74, 6) is 0. The van der Waals surface area contributed by atoms with Crippen molar-refractivity contribution in [3.05, 3.63) is 16.1 Å². The number of hydrogen-bond donors (Lipinski definition) is 0. The van der Waals surface area contributed by atoms with E-state index in [2.05, 4.69) is 17.1 Å². The molecule has 0 radical (unpaired) electrons. The molecule has 1 heterocycles. The molecule has 0 atom stereocenters. The predicted molar refractivity (Wildman–Crippen MR) is 54.7 cm³/mol. The molecule has 3 nitrogen and oxygen atoms in total. The zero-order chi connectivity index (χ0) is 10.6. The molecule has 0 aliphatic carbocycles. The lowest BCUT2D eigenvalue weighted by Gasteiger charge is -2.09. The second-order valence-corrected chi connectivity index (χ2v) is 4.40. The molecule has 0 spiro atoms. The minimum Gasteiger partial charge on any atom is -0.245 e. The third-order valence-corrected chi connectivity index (χ3v) is 3.07. The Morgan fingerprint density at radius 2 is 2.21 bits per heavy atom. The first kappa shape index (κ1) is 10.7. The summed E-state index contributed by atoms with van der Waals surface area (Å²) in [6.07, 6.45) is 1.16. The minimum absolute atomic E-state index is 0.482. The zero-order valence-electron chi connectivity index (χ0n) is 8.24. The number of hydrogen-bond acceptors (Lipinski definition) is 4. The molecule has 0 aliphatic rings. The van der Waals surface area contributed by atoms with Gasteiger partial charge in [0, 0.05) is 18.2 Å².